The lowest BCUT2D eigenvalue weighted by Crippen LogP contribution is -2.21. The molecule has 1 atom stereocenters. The fraction of sp³-hybridized carbons (Fsp3) is 0.375. The van der Waals surface area contributed by atoms with Crippen LogP contribution < -0.4 is 5.32 Å². The number of esters is 2. The molecule has 1 aliphatic carbocycles. The number of nitrogens with one attached hydrogen (secondary N) is 1. The lowest BCUT2D eigenvalue weighted by atomic mass is 9.88. The molecule has 0 radical (unpaired) electrons. The summed E-state index contributed by atoms with van der Waals surface area (Å²) < 4.78 is 10.2. The van der Waals surface area contributed by atoms with Crippen LogP contribution in [0.1, 0.15) is 52.2 Å². The molecule has 3 rings (SSSR count). The van der Waals surface area contributed by atoms with Crippen LogP contribution in [0.5, 0.6) is 0 Å². The number of thiophene rings is 1. The van der Waals surface area contributed by atoms with Crippen LogP contribution in [0.2, 0.25) is 0 Å². The molecule has 7 heteroatoms. The summed E-state index contributed by atoms with van der Waals surface area (Å²) in [4.78, 5) is 37.9. The minimum atomic E-state index is -0.611. The number of amides is 1. The predicted molar refractivity (Wildman–Crippen MR) is 121 cm³/mol. The number of benzene rings is 1. The number of anilines is 1. The highest BCUT2D eigenvalue weighted by Crippen LogP contribution is 2.40. The zero-order valence-electron chi connectivity index (χ0n) is 18.0. The van der Waals surface area contributed by atoms with Crippen molar-refractivity contribution in [1.29, 1.82) is 0 Å². The summed E-state index contributed by atoms with van der Waals surface area (Å²) in [6, 6.07) is 7.67. The molecular weight excluding hydrogens is 414 g/mol. The minimum Gasteiger partial charge on any atom is -0.462 e. The topological polar surface area (TPSA) is 81.7 Å². The van der Waals surface area contributed by atoms with Gasteiger partial charge in [-0.25, -0.2) is 9.59 Å². The number of aryl methyl sites for hydroxylation is 1. The molecule has 31 heavy (non-hydrogen) atoms. The summed E-state index contributed by atoms with van der Waals surface area (Å²) in [5, 5.41) is 3.20. The number of carbonyl (C=O) groups excluding carboxylic acids is 3. The molecule has 1 N–H and O–H groups in total. The Morgan fingerprint density at radius 1 is 1.19 bits per heavy atom. The average molecular weight is 442 g/mol. The van der Waals surface area contributed by atoms with E-state index in [0.29, 0.717) is 16.5 Å². The molecule has 0 aliphatic heterocycles. The Kier molecular flexibility index (Phi) is 7.63. The first-order chi connectivity index (χ1) is 14.9. The van der Waals surface area contributed by atoms with Crippen molar-refractivity contribution in [1.82, 2.24) is 0 Å². The quantitative estimate of drug-likeness (QED) is 0.503. The third-order valence-corrected chi connectivity index (χ3v) is 6.25. The molecule has 1 amide bonds. The predicted octanol–water partition coefficient (Wildman–Crippen LogP) is 4.55. The van der Waals surface area contributed by atoms with Crippen LogP contribution >= 0.6 is 11.3 Å². The molecule has 1 heterocycles. The first-order valence-corrected chi connectivity index (χ1v) is 11.2. The Morgan fingerprint density at radius 2 is 1.94 bits per heavy atom. The SMILES string of the molecule is CCOC(=O)c1c(NC(=O)COC(=O)/C=C/c2ccc(C)cc2)sc2c1CCC(C)C2. The maximum absolute atomic E-state index is 12.5. The van der Waals surface area contributed by atoms with E-state index in [-0.39, 0.29) is 6.61 Å². The molecule has 1 aromatic carbocycles. The van der Waals surface area contributed by atoms with Gasteiger partial charge in [-0.1, -0.05) is 36.8 Å². The van der Waals surface area contributed by atoms with E-state index in [1.165, 1.54) is 17.4 Å². The molecule has 1 unspecified atom stereocenters. The van der Waals surface area contributed by atoms with E-state index >= 15 is 0 Å². The summed E-state index contributed by atoms with van der Waals surface area (Å²) in [6.07, 6.45) is 5.57. The Morgan fingerprint density at radius 3 is 2.65 bits per heavy atom. The summed E-state index contributed by atoms with van der Waals surface area (Å²) in [5.74, 6) is -0.996. The normalized spacial score (nSPS) is 15.4. The summed E-state index contributed by atoms with van der Waals surface area (Å²) >= 11 is 1.40. The van der Waals surface area contributed by atoms with Gasteiger partial charge in [0, 0.05) is 11.0 Å². The van der Waals surface area contributed by atoms with Gasteiger partial charge in [-0.3, -0.25) is 4.79 Å². The number of hydrogen-bond donors (Lipinski definition) is 1. The van der Waals surface area contributed by atoms with Crippen molar-refractivity contribution in [2.24, 2.45) is 5.92 Å². The van der Waals surface area contributed by atoms with Gasteiger partial charge in [0.1, 0.15) is 5.00 Å². The van der Waals surface area contributed by atoms with E-state index in [0.717, 1.165) is 40.8 Å². The number of fused-ring (bicyclic) bond motifs is 1. The van der Waals surface area contributed by atoms with Crippen LogP contribution in [0.3, 0.4) is 0 Å². The molecule has 0 spiro atoms. The van der Waals surface area contributed by atoms with E-state index in [1.807, 2.05) is 31.2 Å². The standard InChI is InChI=1S/C24H27NO5S/c1-4-29-24(28)22-18-11-7-16(3)13-19(18)31-23(22)25-20(26)14-30-21(27)12-10-17-8-5-15(2)6-9-17/h5-6,8-10,12,16H,4,7,11,13-14H2,1-3H3,(H,25,26)/b12-10+. The molecule has 2 aromatic rings. The Balaban J connectivity index is 1.62. The molecule has 1 aliphatic rings. The number of ether oxygens (including phenoxy) is 2. The molecule has 0 saturated heterocycles. The molecule has 1 aromatic heterocycles. The van der Waals surface area contributed by atoms with Crippen molar-refractivity contribution in [3.05, 3.63) is 57.5 Å². The summed E-state index contributed by atoms with van der Waals surface area (Å²) in [7, 11) is 0. The highest BCUT2D eigenvalue weighted by Gasteiger charge is 2.29. The van der Waals surface area contributed by atoms with Gasteiger partial charge in [-0.2, -0.15) is 0 Å². The highest BCUT2D eigenvalue weighted by molar-refractivity contribution is 7.17. The van der Waals surface area contributed by atoms with E-state index in [9.17, 15) is 14.4 Å². The Bertz CT molecular complexity index is 990. The lowest BCUT2D eigenvalue weighted by Gasteiger charge is -2.18. The van der Waals surface area contributed by atoms with Gasteiger partial charge in [0.05, 0.1) is 12.2 Å². The van der Waals surface area contributed by atoms with Crippen molar-refractivity contribution in [3.8, 4) is 0 Å². The van der Waals surface area contributed by atoms with Gasteiger partial charge >= 0.3 is 11.9 Å². The van der Waals surface area contributed by atoms with Crippen molar-refractivity contribution in [2.75, 3.05) is 18.5 Å². The fourth-order valence-corrected chi connectivity index (χ4v) is 4.86. The largest absolute Gasteiger partial charge is 0.462 e. The van der Waals surface area contributed by atoms with Crippen LogP contribution in [0.15, 0.2) is 30.3 Å². The van der Waals surface area contributed by atoms with Crippen LogP contribution in [0.4, 0.5) is 5.00 Å². The monoisotopic (exact) mass is 441 g/mol. The second kappa shape index (κ2) is 10.4. The Hall–Kier alpha value is -2.93. The number of hydrogen-bond acceptors (Lipinski definition) is 6. The molecule has 0 fully saturated rings. The van der Waals surface area contributed by atoms with Crippen molar-refractivity contribution in [2.45, 2.75) is 40.0 Å². The van der Waals surface area contributed by atoms with Crippen molar-refractivity contribution >= 4 is 40.3 Å². The van der Waals surface area contributed by atoms with Crippen LogP contribution in [0.25, 0.3) is 6.08 Å². The van der Waals surface area contributed by atoms with E-state index in [4.69, 9.17) is 9.47 Å². The third kappa shape index (κ3) is 6.04. The molecule has 0 saturated carbocycles. The molecule has 6 nitrogen and oxygen atoms in total. The smallest absolute Gasteiger partial charge is 0.341 e. The maximum Gasteiger partial charge on any atom is 0.341 e. The fourth-order valence-electron chi connectivity index (χ4n) is 3.45. The first kappa shape index (κ1) is 22.7. The van der Waals surface area contributed by atoms with Crippen molar-refractivity contribution < 1.29 is 23.9 Å². The molecule has 0 bridgehead atoms. The second-order valence-electron chi connectivity index (χ2n) is 7.68. The van der Waals surface area contributed by atoms with Crippen LogP contribution in [-0.4, -0.2) is 31.1 Å². The minimum absolute atomic E-state index is 0.262. The van der Waals surface area contributed by atoms with E-state index in [2.05, 4.69) is 12.2 Å². The lowest BCUT2D eigenvalue weighted by molar-refractivity contribution is -0.142. The van der Waals surface area contributed by atoms with E-state index in [1.54, 1.807) is 13.0 Å². The maximum atomic E-state index is 12.5. The third-order valence-electron chi connectivity index (χ3n) is 5.08. The summed E-state index contributed by atoms with van der Waals surface area (Å²) in [6.45, 7) is 5.74. The highest BCUT2D eigenvalue weighted by atomic mass is 32.1. The second-order valence-corrected chi connectivity index (χ2v) is 8.78. The van der Waals surface area contributed by atoms with Gasteiger partial charge < -0.3 is 14.8 Å². The zero-order chi connectivity index (χ0) is 22.4. The average Bonchev–Trinajstić information content (AvgIpc) is 3.08. The van der Waals surface area contributed by atoms with Gasteiger partial charge in [0.15, 0.2) is 6.61 Å². The van der Waals surface area contributed by atoms with Crippen molar-refractivity contribution in [3.63, 3.8) is 0 Å². The molecular formula is C24H27NO5S. The van der Waals surface area contributed by atoms with Gasteiger partial charge in [-0.05, 0) is 56.2 Å². The number of rotatable bonds is 7. The van der Waals surface area contributed by atoms with E-state index < -0.39 is 24.5 Å². The van der Waals surface area contributed by atoms with Crippen LogP contribution in [-0.2, 0) is 31.9 Å². The van der Waals surface area contributed by atoms with Crippen LogP contribution in [0, 0.1) is 12.8 Å². The first-order valence-electron chi connectivity index (χ1n) is 10.4. The summed E-state index contributed by atoms with van der Waals surface area (Å²) in [5.41, 5.74) is 3.40. The zero-order valence-corrected chi connectivity index (χ0v) is 18.8. The molecule has 164 valence electrons. The number of carbonyl (C=O) groups is 3. The van der Waals surface area contributed by atoms with Gasteiger partial charge in [0.2, 0.25) is 0 Å². The van der Waals surface area contributed by atoms with Gasteiger partial charge in [-0.15, -0.1) is 11.3 Å². The van der Waals surface area contributed by atoms with Gasteiger partial charge in [0.25, 0.3) is 5.91 Å². The Labute approximate surface area is 186 Å².